The average molecular weight is 323 g/mol. The number of nitrogens with zero attached hydrogens (tertiary/aromatic N) is 1. The van der Waals surface area contributed by atoms with Crippen LogP contribution in [0.25, 0.3) is 0 Å². The highest BCUT2D eigenvalue weighted by Gasteiger charge is 2.39. The Morgan fingerprint density at radius 3 is 2.53 bits per heavy atom. The van der Waals surface area contributed by atoms with Gasteiger partial charge in [-0.25, -0.2) is 0 Å². The smallest absolute Gasteiger partial charge is 0.239 e. The second-order valence-electron chi connectivity index (χ2n) is 5.09. The number of hydrogen-bond acceptors (Lipinski definition) is 2. The molecular weight excluding hydrogens is 308 g/mol. The Labute approximate surface area is 120 Å². The maximum atomic E-state index is 12.3. The normalized spacial score (nSPS) is 22.7. The lowest BCUT2D eigenvalue weighted by Gasteiger charge is -2.16. The Bertz CT molecular complexity index is 511. The van der Waals surface area contributed by atoms with Crippen molar-refractivity contribution in [3.8, 4) is 0 Å². The molecule has 1 saturated carbocycles. The molecule has 2 fully saturated rings. The molecule has 3 rings (SSSR count). The summed E-state index contributed by atoms with van der Waals surface area (Å²) in [7, 11) is 0. The number of amides is 2. The maximum Gasteiger partial charge on any atom is 0.239 e. The maximum absolute atomic E-state index is 12.3. The topological polar surface area (TPSA) is 49.4 Å². The van der Waals surface area contributed by atoms with Crippen molar-refractivity contribution >= 4 is 33.4 Å². The summed E-state index contributed by atoms with van der Waals surface area (Å²) < 4.78 is 0.978. The minimum Gasteiger partial charge on any atom is -0.353 e. The molecule has 1 heterocycles. The third-order valence-electron chi connectivity index (χ3n) is 3.58. The van der Waals surface area contributed by atoms with Crippen LogP contribution in [0, 0.1) is 5.92 Å². The molecule has 19 heavy (non-hydrogen) atoms. The van der Waals surface area contributed by atoms with E-state index in [0.29, 0.717) is 19.0 Å². The Morgan fingerprint density at radius 1 is 1.21 bits per heavy atom. The average Bonchev–Trinajstić information content (AvgIpc) is 3.12. The molecule has 0 bridgehead atoms. The van der Waals surface area contributed by atoms with Gasteiger partial charge < -0.3 is 10.2 Å². The van der Waals surface area contributed by atoms with Gasteiger partial charge in [-0.2, -0.15) is 0 Å². The molecule has 1 aromatic rings. The van der Waals surface area contributed by atoms with Gasteiger partial charge in [0.15, 0.2) is 0 Å². The lowest BCUT2D eigenvalue weighted by atomic mass is 10.1. The van der Waals surface area contributed by atoms with Gasteiger partial charge in [0, 0.05) is 22.7 Å². The van der Waals surface area contributed by atoms with Gasteiger partial charge in [0.25, 0.3) is 0 Å². The van der Waals surface area contributed by atoms with Crippen molar-refractivity contribution < 1.29 is 9.59 Å². The summed E-state index contributed by atoms with van der Waals surface area (Å²) in [5.41, 5.74) is 0.856. The van der Waals surface area contributed by atoms with Crippen molar-refractivity contribution in [2.75, 3.05) is 11.4 Å². The highest BCUT2D eigenvalue weighted by molar-refractivity contribution is 9.10. The van der Waals surface area contributed by atoms with Crippen molar-refractivity contribution in [1.29, 1.82) is 0 Å². The number of carbonyl (C=O) groups excluding carboxylic acids is 2. The van der Waals surface area contributed by atoms with Crippen molar-refractivity contribution in [3.05, 3.63) is 28.7 Å². The van der Waals surface area contributed by atoms with Crippen LogP contribution in [0.3, 0.4) is 0 Å². The highest BCUT2D eigenvalue weighted by Crippen LogP contribution is 2.27. The summed E-state index contributed by atoms with van der Waals surface area (Å²) in [6.45, 7) is 0.614. The number of nitrogens with one attached hydrogen (secondary N) is 1. The molecule has 4 nitrogen and oxygen atoms in total. The first-order chi connectivity index (χ1) is 9.15. The van der Waals surface area contributed by atoms with E-state index in [1.54, 1.807) is 4.90 Å². The molecule has 1 aliphatic heterocycles. The lowest BCUT2D eigenvalue weighted by Crippen LogP contribution is -2.37. The summed E-state index contributed by atoms with van der Waals surface area (Å²) in [5, 5.41) is 2.91. The molecule has 1 atom stereocenters. The monoisotopic (exact) mass is 322 g/mol. The van der Waals surface area contributed by atoms with Crippen LogP contribution in [0.2, 0.25) is 0 Å². The zero-order valence-corrected chi connectivity index (χ0v) is 12.0. The minimum absolute atomic E-state index is 0.0829. The molecule has 1 saturated heterocycles. The van der Waals surface area contributed by atoms with Crippen LogP contribution in [0.1, 0.15) is 19.3 Å². The van der Waals surface area contributed by atoms with Crippen molar-refractivity contribution in [3.63, 3.8) is 0 Å². The van der Waals surface area contributed by atoms with E-state index in [1.165, 1.54) is 0 Å². The minimum atomic E-state index is -0.510. The van der Waals surface area contributed by atoms with Crippen LogP contribution < -0.4 is 10.2 Å². The SMILES string of the molecule is O=C(NC1CC1)C1CCN(c2ccc(Br)cc2)C1=O. The predicted molar refractivity (Wildman–Crippen MR) is 75.8 cm³/mol. The fourth-order valence-corrected chi connectivity index (χ4v) is 2.59. The summed E-state index contributed by atoms with van der Waals surface area (Å²) in [5.74, 6) is -0.697. The van der Waals surface area contributed by atoms with E-state index < -0.39 is 5.92 Å². The van der Waals surface area contributed by atoms with Crippen LogP contribution >= 0.6 is 15.9 Å². The number of benzene rings is 1. The predicted octanol–water partition coefficient (Wildman–Crippen LogP) is 2.08. The van der Waals surface area contributed by atoms with Gasteiger partial charge in [-0.3, -0.25) is 9.59 Å². The first kappa shape index (κ1) is 12.7. The molecule has 1 aliphatic carbocycles. The molecule has 5 heteroatoms. The molecule has 1 N–H and O–H groups in total. The zero-order valence-electron chi connectivity index (χ0n) is 10.4. The summed E-state index contributed by atoms with van der Waals surface area (Å²) in [4.78, 5) is 26.0. The van der Waals surface area contributed by atoms with Crippen LogP contribution in [0.5, 0.6) is 0 Å². The third-order valence-corrected chi connectivity index (χ3v) is 4.11. The van der Waals surface area contributed by atoms with E-state index in [0.717, 1.165) is 23.0 Å². The van der Waals surface area contributed by atoms with E-state index in [-0.39, 0.29) is 11.8 Å². The summed E-state index contributed by atoms with van der Waals surface area (Å²) in [6.07, 6.45) is 2.69. The van der Waals surface area contributed by atoms with E-state index in [9.17, 15) is 9.59 Å². The number of hydrogen-bond donors (Lipinski definition) is 1. The van der Waals surface area contributed by atoms with Gasteiger partial charge in [0.1, 0.15) is 5.92 Å². The molecule has 0 radical (unpaired) electrons. The van der Waals surface area contributed by atoms with Gasteiger partial charge in [0.2, 0.25) is 11.8 Å². The molecular formula is C14H15BrN2O2. The highest BCUT2D eigenvalue weighted by atomic mass is 79.9. The number of carbonyl (C=O) groups is 2. The van der Waals surface area contributed by atoms with Gasteiger partial charge in [-0.05, 0) is 43.5 Å². The first-order valence-corrected chi connectivity index (χ1v) is 7.32. The fraction of sp³-hybridized carbons (Fsp3) is 0.429. The van der Waals surface area contributed by atoms with Gasteiger partial charge in [0.05, 0.1) is 0 Å². The number of rotatable bonds is 3. The molecule has 0 spiro atoms. The van der Waals surface area contributed by atoms with Gasteiger partial charge in [-0.1, -0.05) is 15.9 Å². The van der Waals surface area contributed by atoms with Crippen molar-refractivity contribution in [1.82, 2.24) is 5.32 Å². The lowest BCUT2D eigenvalue weighted by molar-refractivity contribution is -0.132. The molecule has 1 aromatic carbocycles. The molecule has 2 aliphatic rings. The van der Waals surface area contributed by atoms with Crippen LogP contribution in [-0.4, -0.2) is 24.4 Å². The number of halogens is 1. The largest absolute Gasteiger partial charge is 0.353 e. The summed E-state index contributed by atoms with van der Waals surface area (Å²) >= 11 is 3.37. The van der Waals surface area contributed by atoms with E-state index in [1.807, 2.05) is 24.3 Å². The fourth-order valence-electron chi connectivity index (χ4n) is 2.33. The quantitative estimate of drug-likeness (QED) is 0.866. The van der Waals surface area contributed by atoms with E-state index in [4.69, 9.17) is 0 Å². The second kappa shape index (κ2) is 4.96. The van der Waals surface area contributed by atoms with Crippen molar-refractivity contribution in [2.45, 2.75) is 25.3 Å². The third kappa shape index (κ3) is 2.66. The zero-order chi connectivity index (χ0) is 13.4. The second-order valence-corrected chi connectivity index (χ2v) is 6.01. The Kier molecular flexibility index (Phi) is 3.31. The number of anilines is 1. The summed E-state index contributed by atoms with van der Waals surface area (Å²) in [6, 6.07) is 7.90. The molecule has 0 aromatic heterocycles. The van der Waals surface area contributed by atoms with Gasteiger partial charge >= 0.3 is 0 Å². The first-order valence-electron chi connectivity index (χ1n) is 6.52. The molecule has 1 unspecified atom stereocenters. The van der Waals surface area contributed by atoms with Crippen LogP contribution in [0.4, 0.5) is 5.69 Å². The van der Waals surface area contributed by atoms with Crippen LogP contribution in [0.15, 0.2) is 28.7 Å². The Balaban J connectivity index is 1.70. The Hall–Kier alpha value is -1.36. The van der Waals surface area contributed by atoms with E-state index >= 15 is 0 Å². The van der Waals surface area contributed by atoms with Gasteiger partial charge in [-0.15, -0.1) is 0 Å². The molecule has 100 valence electrons. The van der Waals surface area contributed by atoms with Crippen molar-refractivity contribution in [2.24, 2.45) is 5.92 Å². The van der Waals surface area contributed by atoms with E-state index in [2.05, 4.69) is 21.2 Å². The molecule has 2 amide bonds. The van der Waals surface area contributed by atoms with Crippen LogP contribution in [-0.2, 0) is 9.59 Å². The Morgan fingerprint density at radius 2 is 1.89 bits per heavy atom. The standard InChI is InChI=1S/C14H15BrN2O2/c15-9-1-5-11(6-2-9)17-8-7-12(14(17)19)13(18)16-10-3-4-10/h1-2,5-6,10,12H,3-4,7-8H2,(H,16,18).